The van der Waals surface area contributed by atoms with Crippen molar-refractivity contribution in [3.05, 3.63) is 0 Å². The van der Waals surface area contributed by atoms with E-state index in [1.165, 1.54) is 38.5 Å². The van der Waals surface area contributed by atoms with Crippen molar-refractivity contribution >= 4 is 17.9 Å². The number of carbonyl (C=O) groups excluding carboxylic acids is 3. The molecule has 0 N–H and O–H groups in total. The van der Waals surface area contributed by atoms with Gasteiger partial charge in [0, 0.05) is 58.9 Å². The van der Waals surface area contributed by atoms with Crippen LogP contribution in [0.25, 0.3) is 0 Å². The van der Waals surface area contributed by atoms with Gasteiger partial charge in [0.25, 0.3) is 0 Å². The second-order valence-corrected chi connectivity index (χ2v) is 14.2. The molecule has 1 heterocycles. The van der Waals surface area contributed by atoms with Gasteiger partial charge in [-0.25, -0.2) is 0 Å². The SMILES string of the molecule is CCCCCCC(CCCC)OC(=O)CCN(CCC(=O)OC(CCCC)CCCCCC)CCN1CCN(CCC(=O)OCCC)CC1. The number of esters is 3. The van der Waals surface area contributed by atoms with Crippen LogP contribution in [0, 0.1) is 0 Å². The van der Waals surface area contributed by atoms with Gasteiger partial charge in [-0.3, -0.25) is 19.3 Å². The quantitative estimate of drug-likeness (QED) is 0.0393. The van der Waals surface area contributed by atoms with Gasteiger partial charge in [-0.2, -0.15) is 0 Å². The van der Waals surface area contributed by atoms with Crippen LogP contribution in [0.4, 0.5) is 0 Å². The minimum Gasteiger partial charge on any atom is -0.466 e. The Bertz CT molecular complexity index is 778. The van der Waals surface area contributed by atoms with Gasteiger partial charge < -0.3 is 24.0 Å². The topological polar surface area (TPSA) is 88.6 Å². The minimum atomic E-state index is -0.123. The summed E-state index contributed by atoms with van der Waals surface area (Å²) in [4.78, 5) is 45.1. The van der Waals surface area contributed by atoms with E-state index < -0.39 is 0 Å². The summed E-state index contributed by atoms with van der Waals surface area (Å²) in [5.41, 5.74) is 0. The molecule has 0 radical (unpaired) electrons. The second-order valence-electron chi connectivity index (χ2n) is 14.2. The van der Waals surface area contributed by atoms with Crippen LogP contribution in [0.2, 0.25) is 0 Å². The molecule has 1 aliphatic rings. The van der Waals surface area contributed by atoms with Gasteiger partial charge >= 0.3 is 17.9 Å². The first-order valence-electron chi connectivity index (χ1n) is 20.6. The van der Waals surface area contributed by atoms with Crippen LogP contribution in [0.1, 0.15) is 163 Å². The Morgan fingerprint density at radius 2 is 0.959 bits per heavy atom. The zero-order chi connectivity index (χ0) is 36.0. The van der Waals surface area contributed by atoms with E-state index in [-0.39, 0.29) is 30.1 Å². The highest BCUT2D eigenvalue weighted by Gasteiger charge is 2.21. The maximum atomic E-state index is 13.1. The van der Waals surface area contributed by atoms with Gasteiger partial charge in [-0.05, 0) is 44.9 Å². The molecule has 9 nitrogen and oxygen atoms in total. The van der Waals surface area contributed by atoms with E-state index in [0.717, 1.165) is 116 Å². The fourth-order valence-corrected chi connectivity index (χ4v) is 6.37. The smallest absolute Gasteiger partial charge is 0.307 e. The van der Waals surface area contributed by atoms with Crippen molar-refractivity contribution in [1.82, 2.24) is 14.7 Å². The lowest BCUT2D eigenvalue weighted by atomic mass is 10.0. The Morgan fingerprint density at radius 3 is 1.41 bits per heavy atom. The number of nitrogens with zero attached hydrogens (tertiary/aromatic N) is 3. The van der Waals surface area contributed by atoms with Crippen molar-refractivity contribution in [1.29, 1.82) is 0 Å². The molecule has 1 saturated heterocycles. The minimum absolute atomic E-state index is 0.00918. The molecule has 0 spiro atoms. The van der Waals surface area contributed by atoms with Crippen LogP contribution >= 0.6 is 0 Å². The number of carbonyl (C=O) groups is 3. The van der Waals surface area contributed by atoms with Crippen molar-refractivity contribution in [2.75, 3.05) is 65.5 Å². The second kappa shape index (κ2) is 31.1. The number of hydrogen-bond acceptors (Lipinski definition) is 9. The summed E-state index contributed by atoms with van der Waals surface area (Å²) in [6.07, 6.45) is 19.6. The van der Waals surface area contributed by atoms with Crippen LogP contribution in [0.3, 0.4) is 0 Å². The highest BCUT2D eigenvalue weighted by atomic mass is 16.5. The fraction of sp³-hybridized carbons (Fsp3) is 0.925. The van der Waals surface area contributed by atoms with Crippen LogP contribution in [0.15, 0.2) is 0 Å². The standard InChI is InChI=1S/C40H77N3O6/c1-6-11-15-17-21-36(19-13-8-3)48-39(45)24-27-41(28-25-40(46)49-37(20-14-9-4)22-18-16-12-7-2)29-32-43-33-30-42(31-34-43)26-23-38(44)47-35-10-5/h36-37H,6-35H2,1-5H3. The molecule has 2 atom stereocenters. The lowest BCUT2D eigenvalue weighted by molar-refractivity contribution is -0.150. The zero-order valence-corrected chi connectivity index (χ0v) is 32.7. The Hall–Kier alpha value is -1.71. The largest absolute Gasteiger partial charge is 0.466 e. The summed E-state index contributed by atoms with van der Waals surface area (Å²) < 4.78 is 17.3. The highest BCUT2D eigenvalue weighted by molar-refractivity contribution is 5.70. The third kappa shape index (κ3) is 25.0. The monoisotopic (exact) mass is 696 g/mol. The molecule has 2 unspecified atom stereocenters. The van der Waals surface area contributed by atoms with Crippen LogP contribution in [0.5, 0.6) is 0 Å². The van der Waals surface area contributed by atoms with Gasteiger partial charge in [-0.1, -0.05) is 98.8 Å². The molecule has 0 aromatic heterocycles. The van der Waals surface area contributed by atoms with E-state index in [9.17, 15) is 14.4 Å². The van der Waals surface area contributed by atoms with E-state index in [1.807, 2.05) is 6.92 Å². The summed E-state index contributed by atoms with van der Waals surface area (Å²) in [6, 6.07) is 0. The first-order chi connectivity index (χ1) is 23.8. The normalized spacial score (nSPS) is 15.3. The number of piperazine rings is 1. The zero-order valence-electron chi connectivity index (χ0n) is 32.7. The number of rotatable bonds is 32. The molecule has 0 bridgehead atoms. The van der Waals surface area contributed by atoms with Gasteiger partial charge in [0.15, 0.2) is 0 Å². The Morgan fingerprint density at radius 1 is 0.510 bits per heavy atom. The van der Waals surface area contributed by atoms with Gasteiger partial charge in [-0.15, -0.1) is 0 Å². The van der Waals surface area contributed by atoms with Crippen molar-refractivity contribution in [2.45, 2.75) is 175 Å². The van der Waals surface area contributed by atoms with E-state index in [4.69, 9.17) is 14.2 Å². The van der Waals surface area contributed by atoms with E-state index >= 15 is 0 Å². The average molecular weight is 696 g/mol. The lowest BCUT2D eigenvalue weighted by Crippen LogP contribution is -2.49. The molecule has 0 aromatic carbocycles. The van der Waals surface area contributed by atoms with Crippen molar-refractivity contribution in [3.63, 3.8) is 0 Å². The summed E-state index contributed by atoms with van der Waals surface area (Å²) in [5.74, 6) is -0.359. The molecular weight excluding hydrogens is 618 g/mol. The third-order valence-corrected chi connectivity index (χ3v) is 9.68. The number of hydrogen-bond donors (Lipinski definition) is 0. The number of unbranched alkanes of at least 4 members (excludes halogenated alkanes) is 8. The summed E-state index contributed by atoms with van der Waals surface area (Å²) in [6.45, 7) is 18.6. The van der Waals surface area contributed by atoms with Gasteiger partial charge in [0.05, 0.1) is 25.9 Å². The number of ether oxygens (including phenoxy) is 3. The average Bonchev–Trinajstić information content (AvgIpc) is 3.11. The Labute approximate surface area is 301 Å². The maximum Gasteiger partial charge on any atom is 0.307 e. The Balaban J connectivity index is 2.70. The lowest BCUT2D eigenvalue weighted by Gasteiger charge is -2.35. The first kappa shape index (κ1) is 45.3. The molecule has 1 aliphatic heterocycles. The molecule has 288 valence electrons. The van der Waals surface area contributed by atoms with E-state index in [0.29, 0.717) is 39.0 Å². The molecule has 1 rings (SSSR count). The van der Waals surface area contributed by atoms with Crippen LogP contribution < -0.4 is 0 Å². The van der Waals surface area contributed by atoms with Gasteiger partial charge in [0.1, 0.15) is 12.2 Å². The molecule has 9 heteroatoms. The molecule has 0 amide bonds. The van der Waals surface area contributed by atoms with Crippen molar-refractivity contribution in [3.8, 4) is 0 Å². The summed E-state index contributed by atoms with van der Waals surface area (Å²) in [7, 11) is 0. The molecule has 0 aliphatic carbocycles. The fourth-order valence-electron chi connectivity index (χ4n) is 6.37. The van der Waals surface area contributed by atoms with E-state index in [1.54, 1.807) is 0 Å². The summed E-state index contributed by atoms with van der Waals surface area (Å²) >= 11 is 0. The van der Waals surface area contributed by atoms with Crippen LogP contribution in [-0.4, -0.2) is 110 Å². The maximum absolute atomic E-state index is 13.1. The van der Waals surface area contributed by atoms with Gasteiger partial charge in [0.2, 0.25) is 0 Å². The summed E-state index contributed by atoms with van der Waals surface area (Å²) in [5, 5.41) is 0. The first-order valence-corrected chi connectivity index (χ1v) is 20.6. The van der Waals surface area contributed by atoms with E-state index in [2.05, 4.69) is 42.4 Å². The van der Waals surface area contributed by atoms with Crippen molar-refractivity contribution < 1.29 is 28.6 Å². The van der Waals surface area contributed by atoms with Crippen LogP contribution in [-0.2, 0) is 28.6 Å². The Kier molecular flexibility index (Phi) is 28.7. The molecular formula is C40H77N3O6. The molecule has 0 aromatic rings. The molecule has 49 heavy (non-hydrogen) atoms. The third-order valence-electron chi connectivity index (χ3n) is 9.68. The predicted molar refractivity (Wildman–Crippen MR) is 201 cm³/mol. The highest BCUT2D eigenvalue weighted by Crippen LogP contribution is 2.17. The predicted octanol–water partition coefficient (Wildman–Crippen LogP) is 8.17. The molecule has 1 fully saturated rings. The molecule has 0 saturated carbocycles. The van der Waals surface area contributed by atoms with Crippen molar-refractivity contribution in [2.24, 2.45) is 0 Å².